The van der Waals surface area contributed by atoms with Crippen molar-refractivity contribution in [2.24, 2.45) is 11.7 Å². The molecule has 0 aliphatic heterocycles. The van der Waals surface area contributed by atoms with E-state index in [1.807, 2.05) is 30.4 Å². The Balaban J connectivity index is 1.93. The van der Waals surface area contributed by atoms with Gasteiger partial charge < -0.3 is 10.5 Å². The SMILES string of the molecule is Cc1nn(-c2ccccc2Cl)c2sc(C(=O)OC(C(=O)NC(N)=O)C(C)C)cc12. The lowest BCUT2D eigenvalue weighted by Gasteiger charge is -2.19. The number of urea groups is 1. The van der Waals surface area contributed by atoms with Crippen molar-refractivity contribution in [3.63, 3.8) is 0 Å². The molecule has 2 aromatic heterocycles. The van der Waals surface area contributed by atoms with Crippen molar-refractivity contribution in [2.75, 3.05) is 0 Å². The molecular formula is C19H19ClN4O4S. The van der Waals surface area contributed by atoms with E-state index < -0.39 is 24.0 Å². The quantitative estimate of drug-likeness (QED) is 0.596. The second-order valence-electron chi connectivity index (χ2n) is 6.70. The van der Waals surface area contributed by atoms with E-state index in [4.69, 9.17) is 22.1 Å². The van der Waals surface area contributed by atoms with Gasteiger partial charge >= 0.3 is 12.0 Å². The van der Waals surface area contributed by atoms with E-state index in [1.54, 1.807) is 30.7 Å². The molecular weight excluding hydrogens is 416 g/mol. The highest BCUT2D eigenvalue weighted by Gasteiger charge is 2.29. The lowest BCUT2D eigenvalue weighted by Crippen LogP contribution is -2.45. The summed E-state index contributed by atoms with van der Waals surface area (Å²) >= 11 is 7.47. The van der Waals surface area contributed by atoms with Gasteiger partial charge in [0.1, 0.15) is 9.71 Å². The van der Waals surface area contributed by atoms with E-state index in [-0.39, 0.29) is 5.92 Å². The smallest absolute Gasteiger partial charge is 0.349 e. The standard InChI is InChI=1S/C19H19ClN4O4S/c1-9(2)15(16(25)22-19(21)27)28-18(26)14-8-11-10(3)23-24(17(11)29-14)13-7-5-4-6-12(13)20/h4-9,15H,1-3H3,(H3,21,22,25,27). The minimum absolute atomic E-state index is 0.304. The second-order valence-corrected chi connectivity index (χ2v) is 8.14. The maximum atomic E-state index is 12.7. The first-order valence-corrected chi connectivity index (χ1v) is 9.93. The van der Waals surface area contributed by atoms with Gasteiger partial charge in [-0.05, 0) is 31.0 Å². The number of fused-ring (bicyclic) bond motifs is 1. The van der Waals surface area contributed by atoms with Gasteiger partial charge in [-0.2, -0.15) is 5.10 Å². The number of amides is 3. The van der Waals surface area contributed by atoms with Crippen LogP contribution in [0.1, 0.15) is 29.2 Å². The third-order valence-electron chi connectivity index (χ3n) is 4.17. The number of aryl methyl sites for hydroxylation is 1. The Morgan fingerprint density at radius 1 is 1.28 bits per heavy atom. The van der Waals surface area contributed by atoms with Crippen LogP contribution in [0.4, 0.5) is 4.79 Å². The topological polar surface area (TPSA) is 116 Å². The Kier molecular flexibility index (Phi) is 5.90. The molecule has 3 N–H and O–H groups in total. The van der Waals surface area contributed by atoms with Gasteiger partial charge in [-0.15, -0.1) is 11.3 Å². The van der Waals surface area contributed by atoms with E-state index in [1.165, 1.54) is 11.3 Å². The molecule has 2 heterocycles. The van der Waals surface area contributed by atoms with Crippen LogP contribution in [0.15, 0.2) is 30.3 Å². The molecule has 152 valence electrons. The zero-order chi connectivity index (χ0) is 21.3. The lowest BCUT2D eigenvalue weighted by atomic mass is 10.1. The minimum Gasteiger partial charge on any atom is -0.448 e. The number of nitrogens with two attached hydrogens (primary N) is 1. The van der Waals surface area contributed by atoms with Crippen LogP contribution < -0.4 is 11.1 Å². The van der Waals surface area contributed by atoms with Crippen LogP contribution >= 0.6 is 22.9 Å². The first kappa shape index (κ1) is 20.8. The Bertz CT molecular complexity index is 1110. The Labute approximate surface area is 175 Å². The molecule has 3 aromatic rings. The number of benzene rings is 1. The summed E-state index contributed by atoms with van der Waals surface area (Å²) in [5.74, 6) is -1.79. The third-order valence-corrected chi connectivity index (χ3v) is 5.58. The minimum atomic E-state index is -1.15. The number of carbonyl (C=O) groups excluding carboxylic acids is 3. The average Bonchev–Trinajstić information content (AvgIpc) is 3.20. The van der Waals surface area contributed by atoms with E-state index in [0.717, 1.165) is 15.9 Å². The van der Waals surface area contributed by atoms with Crippen molar-refractivity contribution in [2.45, 2.75) is 26.9 Å². The summed E-state index contributed by atoms with van der Waals surface area (Å²) in [6.45, 7) is 5.22. The van der Waals surface area contributed by atoms with Crippen molar-refractivity contribution in [3.8, 4) is 5.69 Å². The van der Waals surface area contributed by atoms with Crippen LogP contribution in [0.2, 0.25) is 5.02 Å². The zero-order valence-corrected chi connectivity index (χ0v) is 17.5. The number of aromatic nitrogens is 2. The fraction of sp³-hybridized carbons (Fsp3) is 0.263. The number of hydrogen-bond acceptors (Lipinski definition) is 6. The van der Waals surface area contributed by atoms with Gasteiger partial charge in [0.25, 0.3) is 5.91 Å². The van der Waals surface area contributed by atoms with Gasteiger partial charge in [-0.25, -0.2) is 14.3 Å². The highest BCUT2D eigenvalue weighted by atomic mass is 35.5. The third kappa shape index (κ3) is 4.25. The molecule has 0 saturated heterocycles. The van der Waals surface area contributed by atoms with Crippen LogP contribution in [-0.4, -0.2) is 33.8 Å². The van der Waals surface area contributed by atoms with Gasteiger partial charge in [-0.1, -0.05) is 37.6 Å². The van der Waals surface area contributed by atoms with E-state index >= 15 is 0 Å². The van der Waals surface area contributed by atoms with Crippen LogP contribution in [0.25, 0.3) is 15.9 Å². The molecule has 3 amide bonds. The number of carbonyl (C=O) groups is 3. The van der Waals surface area contributed by atoms with E-state index in [2.05, 4.69) is 5.10 Å². The molecule has 0 aliphatic rings. The number of ether oxygens (including phenoxy) is 1. The summed E-state index contributed by atoms with van der Waals surface area (Å²) in [4.78, 5) is 36.8. The molecule has 29 heavy (non-hydrogen) atoms. The summed E-state index contributed by atoms with van der Waals surface area (Å²) in [6.07, 6.45) is -1.15. The van der Waals surface area contributed by atoms with Crippen LogP contribution in [0, 0.1) is 12.8 Å². The normalized spacial score (nSPS) is 12.2. The number of esters is 1. The van der Waals surface area contributed by atoms with Crippen molar-refractivity contribution in [3.05, 3.63) is 45.9 Å². The van der Waals surface area contributed by atoms with Gasteiger partial charge in [0.05, 0.1) is 16.4 Å². The van der Waals surface area contributed by atoms with Gasteiger partial charge in [0.2, 0.25) is 0 Å². The Hall–Kier alpha value is -2.91. The van der Waals surface area contributed by atoms with Crippen LogP contribution in [0.5, 0.6) is 0 Å². The highest BCUT2D eigenvalue weighted by Crippen LogP contribution is 2.33. The highest BCUT2D eigenvalue weighted by molar-refractivity contribution is 7.20. The molecule has 8 nitrogen and oxygen atoms in total. The largest absolute Gasteiger partial charge is 0.448 e. The number of nitrogens with zero attached hydrogens (tertiary/aromatic N) is 2. The molecule has 0 bridgehead atoms. The average molecular weight is 435 g/mol. The van der Waals surface area contributed by atoms with E-state index in [9.17, 15) is 14.4 Å². The van der Waals surface area contributed by atoms with Gasteiger partial charge in [0.15, 0.2) is 6.10 Å². The molecule has 0 spiro atoms. The molecule has 0 fully saturated rings. The summed E-state index contributed by atoms with van der Waals surface area (Å²) < 4.78 is 7.04. The monoisotopic (exact) mass is 434 g/mol. The molecule has 10 heteroatoms. The molecule has 3 rings (SSSR count). The number of hydrogen-bond donors (Lipinski definition) is 2. The molecule has 0 aliphatic carbocycles. The van der Waals surface area contributed by atoms with Crippen LogP contribution in [-0.2, 0) is 9.53 Å². The molecule has 0 radical (unpaired) electrons. The first-order valence-electron chi connectivity index (χ1n) is 8.74. The molecule has 1 aromatic carbocycles. The van der Waals surface area contributed by atoms with Gasteiger partial charge in [0, 0.05) is 5.39 Å². The summed E-state index contributed by atoms with van der Waals surface area (Å²) in [5, 5.41) is 7.76. The Morgan fingerprint density at radius 3 is 2.59 bits per heavy atom. The second kappa shape index (κ2) is 8.22. The number of nitrogens with one attached hydrogen (secondary N) is 1. The van der Waals surface area contributed by atoms with Crippen molar-refractivity contribution in [1.29, 1.82) is 0 Å². The summed E-state index contributed by atoms with van der Waals surface area (Å²) in [6, 6.07) is 7.91. The predicted octanol–water partition coefficient (Wildman–Crippen LogP) is 3.43. The maximum Gasteiger partial charge on any atom is 0.349 e. The summed E-state index contributed by atoms with van der Waals surface area (Å²) in [5.41, 5.74) is 6.40. The first-order chi connectivity index (χ1) is 13.7. The number of para-hydroxylation sites is 1. The Morgan fingerprint density at radius 2 is 1.97 bits per heavy atom. The van der Waals surface area contributed by atoms with Gasteiger partial charge in [-0.3, -0.25) is 10.1 Å². The molecule has 1 atom stereocenters. The number of rotatable bonds is 5. The fourth-order valence-electron chi connectivity index (χ4n) is 2.79. The van der Waals surface area contributed by atoms with Crippen molar-refractivity contribution in [1.82, 2.24) is 15.1 Å². The number of imide groups is 1. The lowest BCUT2D eigenvalue weighted by molar-refractivity contribution is -0.130. The number of thiophene rings is 1. The van der Waals surface area contributed by atoms with E-state index in [0.29, 0.717) is 15.6 Å². The number of halogens is 1. The fourth-order valence-corrected chi connectivity index (χ4v) is 4.07. The maximum absolute atomic E-state index is 12.7. The van der Waals surface area contributed by atoms with Crippen molar-refractivity contribution >= 4 is 51.1 Å². The predicted molar refractivity (Wildman–Crippen MR) is 110 cm³/mol. The molecule has 1 unspecified atom stereocenters. The number of primary amides is 1. The summed E-state index contributed by atoms with van der Waals surface area (Å²) in [7, 11) is 0. The zero-order valence-electron chi connectivity index (χ0n) is 15.9. The van der Waals surface area contributed by atoms with Crippen molar-refractivity contribution < 1.29 is 19.1 Å². The molecule has 0 saturated carbocycles. The van der Waals surface area contributed by atoms with Crippen LogP contribution in [0.3, 0.4) is 0 Å².